The Labute approximate surface area is 231 Å². The molecule has 0 aliphatic heterocycles. The molecule has 0 amide bonds. The van der Waals surface area contributed by atoms with E-state index in [9.17, 15) is 0 Å². The minimum atomic E-state index is -0.327. The molecule has 8 aliphatic carbocycles. The fourth-order valence-corrected chi connectivity index (χ4v) is 18.1. The zero-order chi connectivity index (χ0) is 26.1. The van der Waals surface area contributed by atoms with Crippen molar-refractivity contribution in [3.05, 3.63) is 35.9 Å². The molecule has 0 nitrogen and oxygen atoms in total. The van der Waals surface area contributed by atoms with Gasteiger partial charge in [0.2, 0.25) is 0 Å². The Morgan fingerprint density at radius 2 is 1.03 bits per heavy atom. The molecule has 5 unspecified atom stereocenters. The smallest absolute Gasteiger partial charge is 0.0827 e. The summed E-state index contributed by atoms with van der Waals surface area (Å²) in [6.45, 7) is 15.5. The molecule has 9 rings (SSSR count). The highest BCUT2D eigenvalue weighted by Gasteiger charge is 2.70. The van der Waals surface area contributed by atoms with Crippen molar-refractivity contribution < 1.29 is 0 Å². The van der Waals surface area contributed by atoms with Gasteiger partial charge in [0, 0.05) is 0 Å². The lowest BCUT2D eigenvalue weighted by Gasteiger charge is -2.74. The Morgan fingerprint density at radius 1 is 0.649 bits per heavy atom. The molecule has 1 aromatic rings. The summed E-state index contributed by atoms with van der Waals surface area (Å²) in [6.07, 6.45) is 18.1. The highest BCUT2D eigenvalue weighted by atomic mass is 31.1. The summed E-state index contributed by atoms with van der Waals surface area (Å²) >= 11 is 0. The van der Waals surface area contributed by atoms with Crippen molar-refractivity contribution in [2.45, 2.75) is 134 Å². The van der Waals surface area contributed by atoms with Crippen LogP contribution in [0.1, 0.15) is 130 Å². The summed E-state index contributed by atoms with van der Waals surface area (Å²) in [5.41, 5.74) is 3.59. The average Bonchev–Trinajstić information content (AvgIpc) is 2.76. The van der Waals surface area contributed by atoms with Crippen LogP contribution in [0.25, 0.3) is 0 Å². The van der Waals surface area contributed by atoms with Crippen LogP contribution in [0.15, 0.2) is 30.3 Å². The maximum absolute atomic E-state index is 7.72. The van der Waals surface area contributed by atoms with Crippen LogP contribution in [-0.4, -0.2) is 18.2 Å². The predicted molar refractivity (Wildman–Crippen MR) is 160 cm³/mol. The maximum Gasteiger partial charge on any atom is 0.0827 e. The molecule has 2 heteroatoms. The van der Waals surface area contributed by atoms with Gasteiger partial charge in [-0.1, -0.05) is 79.8 Å². The second-order valence-corrected chi connectivity index (χ2v) is 20.9. The zero-order valence-corrected chi connectivity index (χ0v) is 25.7. The van der Waals surface area contributed by atoms with Crippen LogP contribution in [-0.2, 0) is 0 Å². The molecule has 8 aliphatic rings. The van der Waals surface area contributed by atoms with E-state index in [1.807, 2.05) is 0 Å². The van der Waals surface area contributed by atoms with Crippen molar-refractivity contribution >= 4 is 15.8 Å². The SMILES string of the molecule is [B]C(c1ccccc1)P(C12CC3CC(C1)CC(C(C)(C)C)(C3)C2)C12CC3CC(C1)CC(C(C)(C)C)(C3)C2. The number of benzene rings is 1. The van der Waals surface area contributed by atoms with E-state index in [0.29, 0.717) is 32.0 Å². The first kappa shape index (κ1) is 25.7. The van der Waals surface area contributed by atoms with Crippen LogP contribution >= 0.6 is 7.92 Å². The molecule has 37 heavy (non-hydrogen) atoms. The molecule has 0 aromatic heterocycles. The van der Waals surface area contributed by atoms with Gasteiger partial charge in [0.25, 0.3) is 0 Å². The molecule has 2 radical (unpaired) electrons. The molecule has 1 aromatic carbocycles. The molecule has 0 saturated heterocycles. The topological polar surface area (TPSA) is 0 Å². The highest BCUT2D eigenvalue weighted by molar-refractivity contribution is 7.63. The molecule has 200 valence electrons. The zero-order valence-electron chi connectivity index (χ0n) is 24.8. The van der Waals surface area contributed by atoms with Gasteiger partial charge in [-0.25, -0.2) is 0 Å². The van der Waals surface area contributed by atoms with E-state index in [2.05, 4.69) is 71.9 Å². The van der Waals surface area contributed by atoms with Crippen LogP contribution in [0.4, 0.5) is 0 Å². The van der Waals surface area contributed by atoms with Crippen molar-refractivity contribution in [3.63, 3.8) is 0 Å². The van der Waals surface area contributed by atoms with E-state index in [-0.39, 0.29) is 13.5 Å². The van der Waals surface area contributed by atoms with E-state index < -0.39 is 0 Å². The second kappa shape index (κ2) is 7.92. The van der Waals surface area contributed by atoms with Gasteiger partial charge >= 0.3 is 0 Å². The van der Waals surface area contributed by atoms with Crippen LogP contribution in [0.5, 0.6) is 0 Å². The van der Waals surface area contributed by atoms with Crippen molar-refractivity contribution in [3.8, 4) is 0 Å². The third kappa shape index (κ3) is 3.63. The highest BCUT2D eigenvalue weighted by Crippen LogP contribution is 2.86. The van der Waals surface area contributed by atoms with Gasteiger partial charge in [0.15, 0.2) is 0 Å². The number of hydrogen-bond acceptors (Lipinski definition) is 0. The van der Waals surface area contributed by atoms with E-state index >= 15 is 0 Å². The molecular weight excluding hydrogens is 462 g/mol. The minimum Gasteiger partial charge on any atom is -0.0952 e. The first-order chi connectivity index (χ1) is 17.3. The van der Waals surface area contributed by atoms with Crippen LogP contribution in [0.3, 0.4) is 0 Å². The standard InChI is InChI=1S/C35H52BP/c1-30(2,3)32-14-24-12-25(15-32)19-34(18-24,22-32)37(29(36)28-10-8-7-9-11-28)35-20-26-13-27(21-35)17-33(16-26,23-35)31(4,5)6/h7-11,24-27,29H,12-23H2,1-6H3. The Hall–Kier alpha value is -0.285. The third-order valence-corrected chi connectivity index (χ3v) is 17.6. The largest absolute Gasteiger partial charge is 0.0952 e. The fraction of sp³-hybridized carbons (Fsp3) is 0.829. The van der Waals surface area contributed by atoms with Gasteiger partial charge in [-0.3, -0.25) is 0 Å². The molecule has 8 saturated carbocycles. The summed E-state index contributed by atoms with van der Waals surface area (Å²) in [6, 6.07) is 11.5. The van der Waals surface area contributed by atoms with Crippen molar-refractivity contribution in [2.75, 3.05) is 0 Å². The van der Waals surface area contributed by atoms with Crippen molar-refractivity contribution in [1.29, 1.82) is 0 Å². The third-order valence-electron chi connectivity index (χ3n) is 13.7. The molecule has 0 spiro atoms. The number of hydrogen-bond donors (Lipinski definition) is 0. The summed E-state index contributed by atoms with van der Waals surface area (Å²) in [4.78, 5) is 0. The lowest BCUT2D eigenvalue weighted by molar-refractivity contribution is -0.113. The van der Waals surface area contributed by atoms with Gasteiger partial charge in [0.05, 0.1) is 7.85 Å². The van der Waals surface area contributed by atoms with Crippen LogP contribution in [0, 0.1) is 45.3 Å². The summed E-state index contributed by atoms with van der Waals surface area (Å²) < 4.78 is 0. The second-order valence-electron chi connectivity index (χ2n) is 17.7. The van der Waals surface area contributed by atoms with Crippen LogP contribution in [0.2, 0.25) is 0 Å². The molecule has 8 fully saturated rings. The Balaban J connectivity index is 1.39. The van der Waals surface area contributed by atoms with Gasteiger partial charge in [-0.05, 0) is 144 Å². The molecular formula is C35H52BP. The average molecular weight is 515 g/mol. The quantitative estimate of drug-likeness (QED) is 0.277. The first-order valence-electron chi connectivity index (χ1n) is 15.9. The Kier molecular flexibility index (Phi) is 5.49. The lowest BCUT2D eigenvalue weighted by Crippen LogP contribution is -2.64. The van der Waals surface area contributed by atoms with E-state index in [4.69, 9.17) is 7.85 Å². The van der Waals surface area contributed by atoms with E-state index in [1.165, 1.54) is 82.6 Å². The molecule has 8 bridgehead atoms. The van der Waals surface area contributed by atoms with Crippen LogP contribution < -0.4 is 0 Å². The Morgan fingerprint density at radius 3 is 1.38 bits per heavy atom. The maximum atomic E-state index is 7.72. The van der Waals surface area contributed by atoms with Gasteiger partial charge in [0.1, 0.15) is 0 Å². The number of rotatable bonds is 4. The summed E-state index contributed by atoms with van der Waals surface area (Å²) in [7, 11) is 7.39. The lowest BCUT2D eigenvalue weighted by atomic mass is 9.43. The molecule has 0 N–H and O–H groups in total. The normalized spacial score (nSPS) is 47.8. The minimum absolute atomic E-state index is 0.248. The van der Waals surface area contributed by atoms with E-state index in [1.54, 1.807) is 0 Å². The van der Waals surface area contributed by atoms with Gasteiger partial charge in [-0.15, -0.1) is 0 Å². The first-order valence-corrected chi connectivity index (χ1v) is 17.3. The van der Waals surface area contributed by atoms with Gasteiger partial charge in [-0.2, -0.15) is 0 Å². The van der Waals surface area contributed by atoms with Crippen molar-refractivity contribution in [2.24, 2.45) is 45.3 Å². The fourth-order valence-electron chi connectivity index (χ4n) is 12.6. The Bertz CT molecular complexity index is 953. The summed E-state index contributed by atoms with van der Waals surface area (Å²) in [5, 5.41) is 1.01. The predicted octanol–water partition coefficient (Wildman–Crippen LogP) is 10.1. The molecule has 5 atom stereocenters. The van der Waals surface area contributed by atoms with Crippen molar-refractivity contribution in [1.82, 2.24) is 0 Å². The summed E-state index contributed by atoms with van der Waals surface area (Å²) in [5.74, 6) is 3.83. The molecule has 0 heterocycles. The van der Waals surface area contributed by atoms with E-state index in [0.717, 1.165) is 23.7 Å². The van der Waals surface area contributed by atoms with Gasteiger partial charge < -0.3 is 0 Å². The monoisotopic (exact) mass is 514 g/mol.